The molecule has 1 aliphatic rings. The number of aryl methyl sites for hydroxylation is 1. The van der Waals surface area contributed by atoms with Crippen LogP contribution in [-0.4, -0.2) is 21.4 Å². The van der Waals surface area contributed by atoms with Gasteiger partial charge in [0, 0.05) is 36.6 Å². The minimum Gasteiger partial charge on any atom is -0.364 e. The van der Waals surface area contributed by atoms with E-state index in [9.17, 15) is 10.1 Å². The van der Waals surface area contributed by atoms with Crippen molar-refractivity contribution in [3.8, 4) is 0 Å². The van der Waals surface area contributed by atoms with E-state index in [1.54, 1.807) is 18.5 Å². The summed E-state index contributed by atoms with van der Waals surface area (Å²) in [6, 6.07) is 7.05. The van der Waals surface area contributed by atoms with E-state index >= 15 is 0 Å². The highest BCUT2D eigenvalue weighted by Crippen LogP contribution is 2.31. The van der Waals surface area contributed by atoms with E-state index in [1.807, 2.05) is 6.07 Å². The number of rotatable bonds is 4. The van der Waals surface area contributed by atoms with E-state index in [0.717, 1.165) is 18.5 Å². The molecular weight excluding hydrogens is 256 g/mol. The van der Waals surface area contributed by atoms with Crippen LogP contribution < -0.4 is 5.32 Å². The first-order valence-corrected chi connectivity index (χ1v) is 6.53. The Morgan fingerprint density at radius 3 is 2.95 bits per heavy atom. The summed E-state index contributed by atoms with van der Waals surface area (Å²) in [6.45, 7) is 0.613. The predicted octanol–water partition coefficient (Wildman–Crippen LogP) is 2.53. The van der Waals surface area contributed by atoms with E-state index in [1.165, 1.54) is 11.6 Å². The Morgan fingerprint density at radius 1 is 1.30 bits per heavy atom. The van der Waals surface area contributed by atoms with Crippen LogP contribution in [0, 0.1) is 10.1 Å². The van der Waals surface area contributed by atoms with Gasteiger partial charge >= 0.3 is 5.69 Å². The molecule has 0 amide bonds. The molecule has 0 radical (unpaired) electrons. The number of nitrogens with one attached hydrogen (secondary N) is 1. The van der Waals surface area contributed by atoms with Crippen molar-refractivity contribution in [2.45, 2.75) is 18.8 Å². The lowest BCUT2D eigenvalue weighted by molar-refractivity contribution is -0.384. The molecule has 2 aromatic rings. The zero-order chi connectivity index (χ0) is 13.9. The van der Waals surface area contributed by atoms with Crippen LogP contribution in [-0.2, 0) is 6.42 Å². The number of hydrogen-bond acceptors (Lipinski definition) is 5. The molecule has 20 heavy (non-hydrogen) atoms. The summed E-state index contributed by atoms with van der Waals surface area (Å²) in [6.07, 6.45) is 5.37. The van der Waals surface area contributed by atoms with Gasteiger partial charge in [-0.3, -0.25) is 15.1 Å². The predicted molar refractivity (Wildman–Crippen MR) is 74.7 cm³/mol. The first-order valence-electron chi connectivity index (χ1n) is 6.53. The Kier molecular flexibility index (Phi) is 3.28. The van der Waals surface area contributed by atoms with E-state index in [-0.39, 0.29) is 11.6 Å². The third-order valence-electron chi connectivity index (χ3n) is 3.57. The summed E-state index contributed by atoms with van der Waals surface area (Å²) < 4.78 is 0. The molecule has 0 fully saturated rings. The average Bonchev–Trinajstić information content (AvgIpc) is 2.88. The van der Waals surface area contributed by atoms with Gasteiger partial charge < -0.3 is 5.32 Å². The smallest absolute Gasteiger partial charge is 0.311 e. The summed E-state index contributed by atoms with van der Waals surface area (Å²) in [4.78, 5) is 19.0. The summed E-state index contributed by atoms with van der Waals surface area (Å²) >= 11 is 0. The van der Waals surface area contributed by atoms with Crippen LogP contribution in [0.15, 0.2) is 36.7 Å². The fourth-order valence-electron chi connectivity index (χ4n) is 2.60. The first-order chi connectivity index (χ1) is 9.75. The highest BCUT2D eigenvalue weighted by molar-refractivity contribution is 5.55. The molecule has 102 valence electrons. The maximum absolute atomic E-state index is 10.9. The minimum absolute atomic E-state index is 0.00624. The Balaban J connectivity index is 1.74. The van der Waals surface area contributed by atoms with Crippen molar-refractivity contribution in [3.63, 3.8) is 0 Å². The number of anilines is 1. The van der Waals surface area contributed by atoms with Gasteiger partial charge in [-0.2, -0.15) is 0 Å². The Hall–Kier alpha value is -2.50. The first kappa shape index (κ1) is 12.5. The standard InChI is InChI=1S/C14H14N4O2/c19-18(20)12-4-2-8-16-14(12)17-9-11-6-5-10-3-1-7-15-13(10)11/h1-4,7-8,11H,5-6,9H2,(H,16,17). The van der Waals surface area contributed by atoms with Crippen molar-refractivity contribution < 1.29 is 4.92 Å². The molecule has 3 rings (SSSR count). The van der Waals surface area contributed by atoms with Crippen LogP contribution in [0.2, 0.25) is 0 Å². The van der Waals surface area contributed by atoms with E-state index in [4.69, 9.17) is 0 Å². The number of nitro groups is 1. The molecule has 0 saturated heterocycles. The summed E-state index contributed by atoms with van der Waals surface area (Å²) in [5, 5.41) is 14.0. The van der Waals surface area contributed by atoms with E-state index in [0.29, 0.717) is 12.4 Å². The molecule has 0 saturated carbocycles. The molecule has 1 aliphatic carbocycles. The number of nitrogens with zero attached hydrogens (tertiary/aromatic N) is 3. The van der Waals surface area contributed by atoms with Crippen molar-refractivity contribution in [1.82, 2.24) is 9.97 Å². The molecular formula is C14H14N4O2. The van der Waals surface area contributed by atoms with Crippen molar-refractivity contribution >= 4 is 11.5 Å². The van der Waals surface area contributed by atoms with Crippen LogP contribution in [0.1, 0.15) is 23.6 Å². The van der Waals surface area contributed by atoms with Crippen LogP contribution >= 0.6 is 0 Å². The highest BCUT2D eigenvalue weighted by Gasteiger charge is 2.24. The summed E-state index contributed by atoms with van der Waals surface area (Å²) in [5.41, 5.74) is 2.38. The lowest BCUT2D eigenvalue weighted by Crippen LogP contribution is -2.13. The van der Waals surface area contributed by atoms with E-state index < -0.39 is 4.92 Å². The van der Waals surface area contributed by atoms with Crippen LogP contribution in [0.4, 0.5) is 11.5 Å². The fourth-order valence-corrected chi connectivity index (χ4v) is 2.60. The molecule has 1 N–H and O–H groups in total. The molecule has 1 unspecified atom stereocenters. The van der Waals surface area contributed by atoms with Gasteiger partial charge in [0.05, 0.1) is 4.92 Å². The molecule has 0 bridgehead atoms. The second-order valence-corrected chi connectivity index (χ2v) is 4.79. The second kappa shape index (κ2) is 5.24. The molecule has 6 heteroatoms. The van der Waals surface area contributed by atoms with Gasteiger partial charge in [0.25, 0.3) is 0 Å². The van der Waals surface area contributed by atoms with Gasteiger partial charge in [0.2, 0.25) is 5.82 Å². The minimum atomic E-state index is -0.420. The van der Waals surface area contributed by atoms with Crippen molar-refractivity contribution in [2.24, 2.45) is 0 Å². The Labute approximate surface area is 116 Å². The molecule has 6 nitrogen and oxygen atoms in total. The normalized spacial score (nSPS) is 16.7. The molecule has 0 spiro atoms. The monoisotopic (exact) mass is 270 g/mol. The fraction of sp³-hybridized carbons (Fsp3) is 0.286. The van der Waals surface area contributed by atoms with Crippen LogP contribution in [0.5, 0.6) is 0 Å². The Bertz CT molecular complexity index is 645. The number of pyridine rings is 2. The maximum atomic E-state index is 10.9. The van der Waals surface area contributed by atoms with Gasteiger partial charge in [-0.15, -0.1) is 0 Å². The van der Waals surface area contributed by atoms with Crippen molar-refractivity contribution in [3.05, 3.63) is 58.0 Å². The number of fused-ring (bicyclic) bond motifs is 1. The van der Waals surface area contributed by atoms with E-state index in [2.05, 4.69) is 21.4 Å². The molecule has 1 atom stereocenters. The van der Waals surface area contributed by atoms with Crippen molar-refractivity contribution in [2.75, 3.05) is 11.9 Å². The molecule has 2 heterocycles. The zero-order valence-corrected chi connectivity index (χ0v) is 10.8. The molecule has 0 aromatic carbocycles. The zero-order valence-electron chi connectivity index (χ0n) is 10.8. The van der Waals surface area contributed by atoms with Gasteiger partial charge in [-0.1, -0.05) is 6.07 Å². The maximum Gasteiger partial charge on any atom is 0.311 e. The SMILES string of the molecule is O=[N+]([O-])c1cccnc1NCC1CCc2cccnc21. The van der Waals surface area contributed by atoms with Gasteiger partial charge in [-0.25, -0.2) is 4.98 Å². The van der Waals surface area contributed by atoms with Gasteiger partial charge in [0.1, 0.15) is 0 Å². The van der Waals surface area contributed by atoms with Gasteiger partial charge in [-0.05, 0) is 30.5 Å². The third-order valence-corrected chi connectivity index (χ3v) is 3.57. The quantitative estimate of drug-likeness (QED) is 0.682. The molecule has 0 aliphatic heterocycles. The molecule has 2 aromatic heterocycles. The lowest BCUT2D eigenvalue weighted by atomic mass is 10.1. The van der Waals surface area contributed by atoms with Crippen molar-refractivity contribution in [1.29, 1.82) is 0 Å². The second-order valence-electron chi connectivity index (χ2n) is 4.79. The largest absolute Gasteiger partial charge is 0.364 e. The number of aromatic nitrogens is 2. The third kappa shape index (κ3) is 2.32. The summed E-state index contributed by atoms with van der Waals surface area (Å²) in [7, 11) is 0. The summed E-state index contributed by atoms with van der Waals surface area (Å²) in [5.74, 6) is 0.606. The Morgan fingerprint density at radius 2 is 2.10 bits per heavy atom. The topological polar surface area (TPSA) is 81.0 Å². The van der Waals surface area contributed by atoms with Crippen LogP contribution in [0.25, 0.3) is 0 Å². The average molecular weight is 270 g/mol. The van der Waals surface area contributed by atoms with Crippen LogP contribution in [0.3, 0.4) is 0 Å². The number of hydrogen-bond donors (Lipinski definition) is 1. The lowest BCUT2D eigenvalue weighted by Gasteiger charge is -2.12. The highest BCUT2D eigenvalue weighted by atomic mass is 16.6. The van der Waals surface area contributed by atoms with Gasteiger partial charge in [0.15, 0.2) is 0 Å².